The van der Waals surface area contributed by atoms with E-state index in [9.17, 15) is 13.6 Å². The van der Waals surface area contributed by atoms with Crippen LogP contribution < -0.4 is 10.6 Å². The van der Waals surface area contributed by atoms with Gasteiger partial charge in [0, 0.05) is 17.8 Å². The molecule has 0 saturated heterocycles. The maximum absolute atomic E-state index is 13.7. The van der Waals surface area contributed by atoms with Crippen molar-refractivity contribution < 1.29 is 13.6 Å². The molecule has 3 rings (SSSR count). The van der Waals surface area contributed by atoms with Gasteiger partial charge in [0.25, 0.3) is 5.91 Å². The summed E-state index contributed by atoms with van der Waals surface area (Å²) in [6.07, 6.45) is 1.24. The number of aromatic nitrogens is 2. The number of halogens is 2. The van der Waals surface area contributed by atoms with Gasteiger partial charge in [-0.1, -0.05) is 6.07 Å². The molecule has 1 heterocycles. The Morgan fingerprint density at radius 2 is 1.77 bits per heavy atom. The average Bonchev–Trinajstić information content (AvgIpc) is 2.61. The smallest absolute Gasteiger partial charge is 0.274 e. The summed E-state index contributed by atoms with van der Waals surface area (Å²) in [7, 11) is 0. The second-order valence-corrected chi connectivity index (χ2v) is 5.79. The highest BCUT2D eigenvalue weighted by molar-refractivity contribution is 6.03. The summed E-state index contributed by atoms with van der Waals surface area (Å²) in [5.74, 6) is -1.78. The van der Waals surface area contributed by atoms with Crippen molar-refractivity contribution >= 4 is 23.1 Å². The highest BCUT2D eigenvalue weighted by atomic mass is 19.1. The molecule has 2 N–H and O–H groups in total. The number of carbonyl (C=O) groups excluding carboxylic acids is 1. The van der Waals surface area contributed by atoms with Crippen molar-refractivity contribution in [3.8, 4) is 0 Å². The van der Waals surface area contributed by atoms with Crippen LogP contribution in [-0.4, -0.2) is 15.9 Å². The van der Waals surface area contributed by atoms with E-state index < -0.39 is 17.5 Å². The van der Waals surface area contributed by atoms with Crippen LogP contribution >= 0.6 is 0 Å². The van der Waals surface area contributed by atoms with E-state index >= 15 is 0 Å². The number of nitrogens with zero attached hydrogens (tertiary/aromatic N) is 2. The molecule has 2 aromatic carbocycles. The maximum Gasteiger partial charge on any atom is 0.274 e. The van der Waals surface area contributed by atoms with Crippen molar-refractivity contribution in [1.82, 2.24) is 9.97 Å². The summed E-state index contributed by atoms with van der Waals surface area (Å²) < 4.78 is 26.6. The number of rotatable bonds is 4. The fourth-order valence-corrected chi connectivity index (χ4v) is 2.29. The van der Waals surface area contributed by atoms with E-state index in [1.807, 2.05) is 32.0 Å². The Morgan fingerprint density at radius 1 is 0.962 bits per heavy atom. The van der Waals surface area contributed by atoms with Gasteiger partial charge in [0.05, 0.1) is 5.69 Å². The van der Waals surface area contributed by atoms with Crippen molar-refractivity contribution in [2.45, 2.75) is 13.8 Å². The van der Waals surface area contributed by atoms with Gasteiger partial charge in [-0.15, -0.1) is 0 Å². The first-order valence-corrected chi connectivity index (χ1v) is 7.85. The van der Waals surface area contributed by atoms with Gasteiger partial charge >= 0.3 is 0 Å². The fourth-order valence-electron chi connectivity index (χ4n) is 2.29. The summed E-state index contributed by atoms with van der Waals surface area (Å²) in [6, 6.07) is 10.2. The lowest BCUT2D eigenvalue weighted by molar-refractivity contribution is 0.102. The number of hydrogen-bond acceptors (Lipinski definition) is 4. The monoisotopic (exact) mass is 354 g/mol. The van der Waals surface area contributed by atoms with Gasteiger partial charge in [0.15, 0.2) is 0 Å². The molecule has 26 heavy (non-hydrogen) atoms. The van der Waals surface area contributed by atoms with Crippen molar-refractivity contribution in [2.24, 2.45) is 0 Å². The molecule has 0 unspecified atom stereocenters. The number of hydrogen-bond donors (Lipinski definition) is 2. The first-order valence-electron chi connectivity index (χ1n) is 7.85. The van der Waals surface area contributed by atoms with E-state index in [1.165, 1.54) is 18.0 Å². The number of carbonyl (C=O) groups is 1. The quantitative estimate of drug-likeness (QED) is 0.730. The molecule has 132 valence electrons. The highest BCUT2D eigenvalue weighted by Crippen LogP contribution is 2.19. The summed E-state index contributed by atoms with van der Waals surface area (Å²) in [5.41, 5.74) is 3.03. The molecule has 0 aliphatic heterocycles. The SMILES string of the molecule is Cc1ccc(Nc2cc(C(=O)Nc3ccc(F)cc3F)ncn2)cc1C. The normalized spacial score (nSPS) is 10.5. The topological polar surface area (TPSA) is 66.9 Å². The second-order valence-electron chi connectivity index (χ2n) is 5.79. The minimum atomic E-state index is -0.860. The molecule has 5 nitrogen and oxygen atoms in total. The Hall–Kier alpha value is -3.35. The predicted molar refractivity (Wildman–Crippen MR) is 95.5 cm³/mol. The molecular formula is C19H16F2N4O. The van der Waals surface area contributed by atoms with Gasteiger partial charge in [0.1, 0.15) is 29.5 Å². The van der Waals surface area contributed by atoms with Crippen molar-refractivity contribution in [3.05, 3.63) is 77.2 Å². The summed E-state index contributed by atoms with van der Waals surface area (Å²) in [5, 5.41) is 5.46. The molecule has 0 aliphatic rings. The number of amides is 1. The first-order chi connectivity index (χ1) is 12.4. The molecule has 1 amide bonds. The second kappa shape index (κ2) is 7.26. The molecule has 0 fully saturated rings. The van der Waals surface area contributed by atoms with Crippen LogP contribution in [-0.2, 0) is 0 Å². The lowest BCUT2D eigenvalue weighted by Gasteiger charge is -2.09. The third kappa shape index (κ3) is 4.00. The van der Waals surface area contributed by atoms with E-state index in [-0.39, 0.29) is 11.4 Å². The Balaban J connectivity index is 1.77. The van der Waals surface area contributed by atoms with Gasteiger partial charge in [-0.05, 0) is 49.2 Å². The van der Waals surface area contributed by atoms with Crippen LogP contribution in [0.5, 0.6) is 0 Å². The van der Waals surface area contributed by atoms with Crippen LogP contribution in [0.15, 0.2) is 48.8 Å². The average molecular weight is 354 g/mol. The van der Waals surface area contributed by atoms with Crippen LogP contribution in [0.4, 0.5) is 26.0 Å². The van der Waals surface area contributed by atoms with Gasteiger partial charge in [-0.25, -0.2) is 18.7 Å². The fraction of sp³-hybridized carbons (Fsp3) is 0.105. The minimum Gasteiger partial charge on any atom is -0.340 e. The summed E-state index contributed by atoms with van der Waals surface area (Å²) >= 11 is 0. The van der Waals surface area contributed by atoms with Crippen LogP contribution in [0.1, 0.15) is 21.6 Å². The van der Waals surface area contributed by atoms with Crippen LogP contribution in [0.25, 0.3) is 0 Å². The van der Waals surface area contributed by atoms with Crippen LogP contribution in [0, 0.1) is 25.5 Å². The van der Waals surface area contributed by atoms with E-state index in [0.717, 1.165) is 23.4 Å². The van der Waals surface area contributed by atoms with Gasteiger partial charge in [-0.2, -0.15) is 0 Å². The summed E-state index contributed by atoms with van der Waals surface area (Å²) in [6.45, 7) is 4.01. The molecule has 1 aromatic heterocycles. The number of anilines is 3. The maximum atomic E-state index is 13.7. The lowest BCUT2D eigenvalue weighted by Crippen LogP contribution is -2.15. The Labute approximate surface area is 149 Å². The van der Waals surface area contributed by atoms with Crippen LogP contribution in [0.2, 0.25) is 0 Å². The van der Waals surface area contributed by atoms with Crippen molar-refractivity contribution in [1.29, 1.82) is 0 Å². The molecule has 0 bridgehead atoms. The largest absolute Gasteiger partial charge is 0.340 e. The van der Waals surface area contributed by atoms with E-state index in [1.54, 1.807) is 0 Å². The molecular weight excluding hydrogens is 338 g/mol. The third-order valence-corrected chi connectivity index (χ3v) is 3.86. The number of benzene rings is 2. The molecule has 0 radical (unpaired) electrons. The molecule has 0 atom stereocenters. The van der Waals surface area contributed by atoms with E-state index in [4.69, 9.17) is 0 Å². The zero-order valence-electron chi connectivity index (χ0n) is 14.2. The third-order valence-electron chi connectivity index (χ3n) is 3.86. The predicted octanol–water partition coefficient (Wildman–Crippen LogP) is 4.37. The number of aryl methyl sites for hydroxylation is 2. The van der Waals surface area contributed by atoms with Gasteiger partial charge in [0.2, 0.25) is 0 Å². The number of nitrogens with one attached hydrogen (secondary N) is 2. The summed E-state index contributed by atoms with van der Waals surface area (Å²) in [4.78, 5) is 20.2. The zero-order chi connectivity index (χ0) is 18.7. The highest BCUT2D eigenvalue weighted by Gasteiger charge is 2.12. The minimum absolute atomic E-state index is 0.0510. The van der Waals surface area contributed by atoms with Crippen molar-refractivity contribution in [3.63, 3.8) is 0 Å². The van der Waals surface area contributed by atoms with E-state index in [2.05, 4.69) is 20.6 Å². The molecule has 7 heteroatoms. The lowest BCUT2D eigenvalue weighted by atomic mass is 10.1. The first kappa shape index (κ1) is 17.5. The standard InChI is InChI=1S/C19H16F2N4O/c1-11-3-5-14(7-12(11)2)24-18-9-17(22-10-23-18)19(26)25-16-6-4-13(20)8-15(16)21/h3-10H,1-2H3,(H,25,26)(H,22,23,24). The van der Waals surface area contributed by atoms with Gasteiger partial charge < -0.3 is 10.6 Å². The van der Waals surface area contributed by atoms with E-state index in [0.29, 0.717) is 11.9 Å². The zero-order valence-corrected chi connectivity index (χ0v) is 14.2. The Morgan fingerprint density at radius 3 is 2.50 bits per heavy atom. The van der Waals surface area contributed by atoms with Crippen LogP contribution in [0.3, 0.4) is 0 Å². The molecule has 0 saturated carbocycles. The molecule has 3 aromatic rings. The molecule has 0 spiro atoms. The van der Waals surface area contributed by atoms with Gasteiger partial charge in [-0.3, -0.25) is 4.79 Å². The Kier molecular flexibility index (Phi) is 4.88. The Bertz CT molecular complexity index is 976. The molecule has 0 aliphatic carbocycles. The van der Waals surface area contributed by atoms with Crippen molar-refractivity contribution in [2.75, 3.05) is 10.6 Å².